The van der Waals surface area contributed by atoms with Crippen molar-refractivity contribution in [2.24, 2.45) is 11.3 Å². The number of aliphatic carboxylic acids is 1. The van der Waals surface area contributed by atoms with E-state index in [0.717, 1.165) is 0 Å². The fraction of sp³-hybridized carbons (Fsp3) is 0.769. The highest BCUT2D eigenvalue weighted by atomic mass is 16.4. The van der Waals surface area contributed by atoms with E-state index in [1.165, 1.54) is 4.90 Å². The fourth-order valence-electron chi connectivity index (χ4n) is 1.33. The number of amides is 2. The second-order valence-corrected chi connectivity index (χ2v) is 5.77. The minimum Gasteiger partial charge on any atom is -0.481 e. The number of carboxylic acids is 1. The first-order valence-electron chi connectivity index (χ1n) is 6.30. The molecule has 0 aromatic rings. The summed E-state index contributed by atoms with van der Waals surface area (Å²) in [6, 6.07) is 0. The zero-order valence-corrected chi connectivity index (χ0v) is 12.3. The van der Waals surface area contributed by atoms with Gasteiger partial charge in [0.1, 0.15) is 0 Å². The standard InChI is InChI=1S/C13H24N2O4/c1-9(11(17)18)8-15(5)10(16)6-7-14-12(19)13(2,3)4/h9H,6-8H2,1-5H3,(H,14,19)(H,17,18). The molecular weight excluding hydrogens is 248 g/mol. The molecule has 2 amide bonds. The molecule has 0 aromatic carbocycles. The zero-order chi connectivity index (χ0) is 15.2. The summed E-state index contributed by atoms with van der Waals surface area (Å²) in [4.78, 5) is 35.3. The molecule has 0 fully saturated rings. The second-order valence-electron chi connectivity index (χ2n) is 5.77. The van der Waals surface area contributed by atoms with Crippen molar-refractivity contribution in [3.05, 3.63) is 0 Å². The molecule has 1 unspecified atom stereocenters. The monoisotopic (exact) mass is 272 g/mol. The minimum absolute atomic E-state index is 0.109. The van der Waals surface area contributed by atoms with Crippen LogP contribution in [-0.2, 0) is 14.4 Å². The van der Waals surface area contributed by atoms with E-state index < -0.39 is 17.3 Å². The van der Waals surface area contributed by atoms with E-state index in [0.29, 0.717) is 0 Å². The third-order valence-corrected chi connectivity index (χ3v) is 2.70. The number of carboxylic acid groups (broad SMARTS) is 1. The molecule has 2 N–H and O–H groups in total. The van der Waals surface area contributed by atoms with Crippen LogP contribution in [0.2, 0.25) is 0 Å². The van der Waals surface area contributed by atoms with Gasteiger partial charge >= 0.3 is 5.97 Å². The number of hydrogen-bond acceptors (Lipinski definition) is 3. The largest absolute Gasteiger partial charge is 0.481 e. The van der Waals surface area contributed by atoms with E-state index in [4.69, 9.17) is 5.11 Å². The Hall–Kier alpha value is -1.59. The highest BCUT2D eigenvalue weighted by Crippen LogP contribution is 2.12. The topological polar surface area (TPSA) is 86.7 Å². The smallest absolute Gasteiger partial charge is 0.308 e. The molecule has 1 atom stereocenters. The Morgan fingerprint density at radius 2 is 1.79 bits per heavy atom. The molecule has 0 saturated heterocycles. The molecular formula is C13H24N2O4. The number of nitrogens with one attached hydrogen (secondary N) is 1. The van der Waals surface area contributed by atoms with Crippen molar-refractivity contribution in [1.29, 1.82) is 0 Å². The van der Waals surface area contributed by atoms with Crippen molar-refractivity contribution in [2.45, 2.75) is 34.1 Å². The number of carbonyl (C=O) groups excluding carboxylic acids is 2. The van der Waals surface area contributed by atoms with Crippen molar-refractivity contribution in [3.8, 4) is 0 Å². The lowest BCUT2D eigenvalue weighted by atomic mass is 9.96. The minimum atomic E-state index is -0.930. The van der Waals surface area contributed by atoms with Gasteiger partial charge in [0.15, 0.2) is 0 Å². The van der Waals surface area contributed by atoms with Gasteiger partial charge < -0.3 is 15.3 Å². The summed E-state index contributed by atoms with van der Waals surface area (Å²) in [6.07, 6.45) is 0.171. The highest BCUT2D eigenvalue weighted by Gasteiger charge is 2.21. The Labute approximate surface area is 114 Å². The molecule has 0 aliphatic carbocycles. The van der Waals surface area contributed by atoms with Gasteiger partial charge in [-0.2, -0.15) is 0 Å². The molecule has 6 heteroatoms. The van der Waals surface area contributed by atoms with E-state index in [-0.39, 0.29) is 31.3 Å². The van der Waals surface area contributed by atoms with Crippen molar-refractivity contribution >= 4 is 17.8 Å². The quantitative estimate of drug-likeness (QED) is 0.746. The number of hydrogen-bond donors (Lipinski definition) is 2. The molecule has 0 radical (unpaired) electrons. The SMILES string of the molecule is CC(CN(C)C(=O)CCNC(=O)C(C)(C)C)C(=O)O. The average Bonchev–Trinajstić information content (AvgIpc) is 2.26. The summed E-state index contributed by atoms with van der Waals surface area (Å²) in [5, 5.41) is 11.4. The van der Waals surface area contributed by atoms with Gasteiger partial charge in [-0.3, -0.25) is 14.4 Å². The molecule has 0 aliphatic rings. The predicted octanol–water partition coefficient (Wildman–Crippen LogP) is 0.718. The molecule has 0 bridgehead atoms. The second kappa shape index (κ2) is 7.11. The lowest BCUT2D eigenvalue weighted by Gasteiger charge is -2.21. The molecule has 0 aliphatic heterocycles. The average molecular weight is 272 g/mol. The fourth-order valence-corrected chi connectivity index (χ4v) is 1.33. The van der Waals surface area contributed by atoms with Gasteiger partial charge in [-0.15, -0.1) is 0 Å². The first kappa shape index (κ1) is 17.4. The third kappa shape index (κ3) is 6.79. The van der Waals surface area contributed by atoms with E-state index in [1.54, 1.807) is 34.7 Å². The summed E-state index contributed by atoms with van der Waals surface area (Å²) < 4.78 is 0. The van der Waals surface area contributed by atoms with E-state index in [9.17, 15) is 14.4 Å². The van der Waals surface area contributed by atoms with Crippen LogP contribution < -0.4 is 5.32 Å². The molecule has 0 heterocycles. The van der Waals surface area contributed by atoms with Gasteiger partial charge in [0.05, 0.1) is 5.92 Å². The number of rotatable bonds is 6. The molecule has 6 nitrogen and oxygen atoms in total. The Bertz CT molecular complexity index is 347. The van der Waals surface area contributed by atoms with Gasteiger partial charge in [-0.1, -0.05) is 27.7 Å². The maximum absolute atomic E-state index is 11.7. The van der Waals surface area contributed by atoms with Crippen LogP contribution in [0.3, 0.4) is 0 Å². The van der Waals surface area contributed by atoms with Gasteiger partial charge in [0.2, 0.25) is 11.8 Å². The van der Waals surface area contributed by atoms with Gasteiger partial charge in [-0.25, -0.2) is 0 Å². The Morgan fingerprint density at radius 3 is 2.21 bits per heavy atom. The van der Waals surface area contributed by atoms with Crippen LogP contribution in [0.15, 0.2) is 0 Å². The van der Waals surface area contributed by atoms with E-state index >= 15 is 0 Å². The summed E-state index contributed by atoms with van der Waals surface area (Å²) in [5.41, 5.74) is -0.479. The highest BCUT2D eigenvalue weighted by molar-refractivity contribution is 5.82. The molecule has 110 valence electrons. The van der Waals surface area contributed by atoms with Crippen LogP contribution in [0.5, 0.6) is 0 Å². The van der Waals surface area contributed by atoms with Crippen molar-refractivity contribution in [2.75, 3.05) is 20.1 Å². The summed E-state index contributed by atoms with van der Waals surface area (Å²) in [5.74, 6) is -1.82. The lowest BCUT2D eigenvalue weighted by molar-refractivity contribution is -0.142. The van der Waals surface area contributed by atoms with Gasteiger partial charge in [0.25, 0.3) is 0 Å². The summed E-state index contributed by atoms with van der Waals surface area (Å²) >= 11 is 0. The lowest BCUT2D eigenvalue weighted by Crippen LogP contribution is -2.39. The van der Waals surface area contributed by atoms with E-state index in [1.807, 2.05) is 0 Å². The van der Waals surface area contributed by atoms with Crippen molar-refractivity contribution < 1.29 is 19.5 Å². The van der Waals surface area contributed by atoms with Crippen molar-refractivity contribution in [1.82, 2.24) is 10.2 Å². The molecule has 0 spiro atoms. The maximum atomic E-state index is 11.7. The first-order chi connectivity index (χ1) is 8.55. The first-order valence-corrected chi connectivity index (χ1v) is 6.30. The molecule has 0 aromatic heterocycles. The number of carbonyl (C=O) groups is 3. The maximum Gasteiger partial charge on any atom is 0.308 e. The summed E-state index contributed by atoms with van der Waals surface area (Å²) in [7, 11) is 1.56. The Balaban J connectivity index is 4.05. The molecule has 19 heavy (non-hydrogen) atoms. The summed E-state index contributed by atoms with van der Waals surface area (Å²) in [6.45, 7) is 7.37. The predicted molar refractivity (Wildman–Crippen MR) is 71.5 cm³/mol. The Morgan fingerprint density at radius 1 is 1.26 bits per heavy atom. The van der Waals surface area contributed by atoms with Crippen LogP contribution >= 0.6 is 0 Å². The third-order valence-electron chi connectivity index (χ3n) is 2.70. The Kier molecular flexibility index (Phi) is 6.52. The number of nitrogens with zero attached hydrogens (tertiary/aromatic N) is 1. The van der Waals surface area contributed by atoms with Crippen LogP contribution in [0, 0.1) is 11.3 Å². The van der Waals surface area contributed by atoms with Crippen LogP contribution in [0.25, 0.3) is 0 Å². The van der Waals surface area contributed by atoms with E-state index in [2.05, 4.69) is 5.32 Å². The van der Waals surface area contributed by atoms with Crippen LogP contribution in [0.1, 0.15) is 34.1 Å². The van der Waals surface area contributed by atoms with Crippen LogP contribution in [-0.4, -0.2) is 47.9 Å². The van der Waals surface area contributed by atoms with Gasteiger partial charge in [0, 0.05) is 32.0 Å². The molecule has 0 saturated carbocycles. The zero-order valence-electron chi connectivity index (χ0n) is 12.3. The van der Waals surface area contributed by atoms with Crippen molar-refractivity contribution in [3.63, 3.8) is 0 Å². The normalized spacial score (nSPS) is 12.7. The van der Waals surface area contributed by atoms with Crippen LogP contribution in [0.4, 0.5) is 0 Å². The van der Waals surface area contributed by atoms with Gasteiger partial charge in [-0.05, 0) is 0 Å². The molecule has 0 rings (SSSR count).